The van der Waals surface area contributed by atoms with Crippen molar-refractivity contribution in [2.75, 3.05) is 24.3 Å². The molecule has 1 N–H and O–H groups in total. The number of anilines is 2. The van der Waals surface area contributed by atoms with Gasteiger partial charge in [-0.2, -0.15) is 0 Å². The van der Waals surface area contributed by atoms with Gasteiger partial charge in [0, 0.05) is 25.5 Å². The lowest BCUT2D eigenvalue weighted by Gasteiger charge is -2.19. The molecule has 0 fully saturated rings. The average molecular weight is 268 g/mol. The summed E-state index contributed by atoms with van der Waals surface area (Å²) in [5, 5.41) is 3.07. The number of carbonyl (C=O) groups excluding carboxylic acids is 1. The molecule has 0 spiro atoms. The van der Waals surface area contributed by atoms with Crippen LogP contribution in [-0.2, 0) is 0 Å². The molecule has 104 valence electrons. The summed E-state index contributed by atoms with van der Waals surface area (Å²) in [5.41, 5.74) is 4.69. The molecule has 0 aromatic heterocycles. The van der Waals surface area contributed by atoms with Gasteiger partial charge in [0.2, 0.25) is 0 Å². The number of rotatable bonds is 3. The maximum atomic E-state index is 12.6. The van der Waals surface area contributed by atoms with Crippen LogP contribution in [0.1, 0.15) is 21.5 Å². The second-order valence-electron chi connectivity index (χ2n) is 5.00. The third kappa shape index (κ3) is 2.82. The molecule has 0 unspecified atom stereocenters. The van der Waals surface area contributed by atoms with Crippen LogP contribution in [0.5, 0.6) is 0 Å². The van der Waals surface area contributed by atoms with Gasteiger partial charge in [-0.05, 0) is 38.1 Å². The Balaban J connectivity index is 2.35. The smallest absolute Gasteiger partial charge is 0.260 e. The van der Waals surface area contributed by atoms with Crippen LogP contribution in [0.4, 0.5) is 11.4 Å². The van der Waals surface area contributed by atoms with Crippen molar-refractivity contribution in [1.82, 2.24) is 0 Å². The second-order valence-corrected chi connectivity index (χ2v) is 5.00. The fourth-order valence-electron chi connectivity index (χ4n) is 2.12. The minimum absolute atomic E-state index is 0.0121. The van der Waals surface area contributed by atoms with E-state index in [9.17, 15) is 4.79 Å². The van der Waals surface area contributed by atoms with E-state index in [1.54, 1.807) is 11.9 Å². The number of nitrogens with one attached hydrogen (secondary N) is 1. The molecule has 2 aromatic carbocycles. The first kappa shape index (κ1) is 14.1. The molecule has 0 aliphatic rings. The zero-order chi connectivity index (χ0) is 14.7. The zero-order valence-electron chi connectivity index (χ0n) is 12.4. The summed E-state index contributed by atoms with van der Waals surface area (Å²) >= 11 is 0. The van der Waals surface area contributed by atoms with E-state index >= 15 is 0 Å². The van der Waals surface area contributed by atoms with E-state index in [1.165, 1.54) is 5.56 Å². The van der Waals surface area contributed by atoms with Crippen LogP contribution in [0.3, 0.4) is 0 Å². The van der Waals surface area contributed by atoms with E-state index in [2.05, 4.69) is 5.32 Å². The Bertz CT molecular complexity index is 617. The van der Waals surface area contributed by atoms with Gasteiger partial charge in [-0.3, -0.25) is 4.79 Å². The van der Waals surface area contributed by atoms with E-state index in [1.807, 2.05) is 63.4 Å². The minimum atomic E-state index is -0.0121. The summed E-state index contributed by atoms with van der Waals surface area (Å²) in [6, 6.07) is 13.8. The van der Waals surface area contributed by atoms with Gasteiger partial charge in [-0.1, -0.05) is 29.3 Å². The summed E-state index contributed by atoms with van der Waals surface area (Å²) < 4.78 is 0. The molecule has 0 atom stereocenters. The standard InChI is InChI=1S/C17H20N2O/c1-12-5-8-14(9-6-12)19(4)17(20)15-11-13(2)7-10-16(15)18-3/h5-11,18H,1-4H3. The van der Waals surface area contributed by atoms with Gasteiger partial charge in [-0.15, -0.1) is 0 Å². The molecule has 1 amide bonds. The Morgan fingerprint density at radius 2 is 1.60 bits per heavy atom. The lowest BCUT2D eigenvalue weighted by Crippen LogP contribution is -2.27. The first-order chi connectivity index (χ1) is 9.52. The highest BCUT2D eigenvalue weighted by Gasteiger charge is 2.16. The predicted molar refractivity (Wildman–Crippen MR) is 84.6 cm³/mol. The third-order valence-electron chi connectivity index (χ3n) is 3.40. The zero-order valence-corrected chi connectivity index (χ0v) is 12.4. The molecule has 0 heterocycles. The quantitative estimate of drug-likeness (QED) is 0.922. The Morgan fingerprint density at radius 3 is 2.20 bits per heavy atom. The van der Waals surface area contributed by atoms with Crippen LogP contribution in [0, 0.1) is 13.8 Å². The molecule has 0 aliphatic heterocycles. The number of amides is 1. The molecule has 20 heavy (non-hydrogen) atoms. The van der Waals surface area contributed by atoms with Crippen LogP contribution in [0.25, 0.3) is 0 Å². The van der Waals surface area contributed by atoms with Crippen molar-refractivity contribution < 1.29 is 4.79 Å². The Kier molecular flexibility index (Phi) is 4.08. The summed E-state index contributed by atoms with van der Waals surface area (Å²) in [5.74, 6) is -0.0121. The van der Waals surface area contributed by atoms with Crippen LogP contribution in [0.15, 0.2) is 42.5 Å². The molecule has 0 saturated carbocycles. The van der Waals surface area contributed by atoms with Crippen molar-refractivity contribution in [3.8, 4) is 0 Å². The van der Waals surface area contributed by atoms with Crippen LogP contribution in [-0.4, -0.2) is 20.0 Å². The lowest BCUT2D eigenvalue weighted by atomic mass is 10.1. The van der Waals surface area contributed by atoms with E-state index in [-0.39, 0.29) is 5.91 Å². The van der Waals surface area contributed by atoms with E-state index in [0.717, 1.165) is 16.9 Å². The number of hydrogen-bond acceptors (Lipinski definition) is 2. The molecule has 0 radical (unpaired) electrons. The highest BCUT2D eigenvalue weighted by Crippen LogP contribution is 2.22. The average Bonchev–Trinajstić information content (AvgIpc) is 2.46. The third-order valence-corrected chi connectivity index (χ3v) is 3.40. The maximum absolute atomic E-state index is 12.6. The fraction of sp³-hybridized carbons (Fsp3) is 0.235. The van der Waals surface area contributed by atoms with Gasteiger partial charge < -0.3 is 10.2 Å². The molecular weight excluding hydrogens is 248 g/mol. The van der Waals surface area contributed by atoms with Crippen molar-refractivity contribution in [3.63, 3.8) is 0 Å². The minimum Gasteiger partial charge on any atom is -0.387 e. The second kappa shape index (κ2) is 5.78. The number of aryl methyl sites for hydroxylation is 2. The van der Waals surface area contributed by atoms with Crippen molar-refractivity contribution in [3.05, 3.63) is 59.2 Å². The normalized spacial score (nSPS) is 10.2. The number of carbonyl (C=O) groups is 1. The Hall–Kier alpha value is -2.29. The molecule has 2 aromatic rings. The van der Waals surface area contributed by atoms with Crippen molar-refractivity contribution >= 4 is 17.3 Å². The van der Waals surface area contributed by atoms with E-state index in [0.29, 0.717) is 5.56 Å². The molecule has 2 rings (SSSR count). The molecular formula is C17H20N2O. The van der Waals surface area contributed by atoms with Crippen molar-refractivity contribution in [2.24, 2.45) is 0 Å². The summed E-state index contributed by atoms with van der Waals surface area (Å²) in [6.07, 6.45) is 0. The van der Waals surface area contributed by atoms with Crippen LogP contribution in [0.2, 0.25) is 0 Å². The molecule has 3 nitrogen and oxygen atoms in total. The highest BCUT2D eigenvalue weighted by molar-refractivity contribution is 6.09. The SMILES string of the molecule is CNc1ccc(C)cc1C(=O)N(C)c1ccc(C)cc1. The summed E-state index contributed by atoms with van der Waals surface area (Å²) in [7, 11) is 3.63. The van der Waals surface area contributed by atoms with E-state index in [4.69, 9.17) is 0 Å². The highest BCUT2D eigenvalue weighted by atomic mass is 16.2. The molecule has 0 bridgehead atoms. The van der Waals surface area contributed by atoms with E-state index < -0.39 is 0 Å². The van der Waals surface area contributed by atoms with Crippen LogP contribution < -0.4 is 10.2 Å². The van der Waals surface area contributed by atoms with Gasteiger partial charge in [0.1, 0.15) is 0 Å². The fourth-order valence-corrected chi connectivity index (χ4v) is 2.12. The topological polar surface area (TPSA) is 32.3 Å². The molecule has 0 saturated heterocycles. The number of hydrogen-bond donors (Lipinski definition) is 1. The van der Waals surface area contributed by atoms with Gasteiger partial charge in [0.25, 0.3) is 5.91 Å². The Morgan fingerprint density at radius 1 is 1.00 bits per heavy atom. The first-order valence-electron chi connectivity index (χ1n) is 6.66. The maximum Gasteiger partial charge on any atom is 0.260 e. The van der Waals surface area contributed by atoms with Gasteiger partial charge in [0.15, 0.2) is 0 Å². The number of nitrogens with zero attached hydrogens (tertiary/aromatic N) is 1. The predicted octanol–water partition coefficient (Wildman–Crippen LogP) is 3.62. The summed E-state index contributed by atoms with van der Waals surface area (Å²) in [4.78, 5) is 14.3. The van der Waals surface area contributed by atoms with Crippen LogP contribution >= 0.6 is 0 Å². The van der Waals surface area contributed by atoms with Gasteiger partial charge >= 0.3 is 0 Å². The first-order valence-corrected chi connectivity index (χ1v) is 6.66. The van der Waals surface area contributed by atoms with Gasteiger partial charge in [0.05, 0.1) is 5.56 Å². The largest absolute Gasteiger partial charge is 0.387 e. The molecule has 3 heteroatoms. The lowest BCUT2D eigenvalue weighted by molar-refractivity contribution is 0.0993. The monoisotopic (exact) mass is 268 g/mol. The Labute approximate surface area is 120 Å². The van der Waals surface area contributed by atoms with Crippen molar-refractivity contribution in [2.45, 2.75) is 13.8 Å². The van der Waals surface area contributed by atoms with Crippen molar-refractivity contribution in [1.29, 1.82) is 0 Å². The summed E-state index contributed by atoms with van der Waals surface area (Å²) in [6.45, 7) is 4.02. The molecule has 0 aliphatic carbocycles. The number of benzene rings is 2. The van der Waals surface area contributed by atoms with Gasteiger partial charge in [-0.25, -0.2) is 0 Å².